The highest BCUT2D eigenvalue weighted by Gasteiger charge is 2.22. The molecule has 0 atom stereocenters. The SMILES string of the molecule is COc1ccc(S(=O)(=O)NCCCn2cccn2)cc1C(C)(C)C. The lowest BCUT2D eigenvalue weighted by Crippen LogP contribution is -2.26. The van der Waals surface area contributed by atoms with Gasteiger partial charge in [0.15, 0.2) is 0 Å². The highest BCUT2D eigenvalue weighted by Crippen LogP contribution is 2.33. The van der Waals surface area contributed by atoms with E-state index in [9.17, 15) is 8.42 Å². The van der Waals surface area contributed by atoms with Crippen LogP contribution < -0.4 is 9.46 Å². The van der Waals surface area contributed by atoms with Crippen LogP contribution in [0.15, 0.2) is 41.6 Å². The van der Waals surface area contributed by atoms with Crippen LogP contribution in [0.3, 0.4) is 0 Å². The summed E-state index contributed by atoms with van der Waals surface area (Å²) in [5, 5.41) is 4.09. The van der Waals surface area contributed by atoms with E-state index in [4.69, 9.17) is 4.74 Å². The van der Waals surface area contributed by atoms with Gasteiger partial charge in [-0.05, 0) is 36.1 Å². The average Bonchev–Trinajstić information content (AvgIpc) is 3.03. The Labute approximate surface area is 143 Å². The topological polar surface area (TPSA) is 73.2 Å². The summed E-state index contributed by atoms with van der Waals surface area (Å²) >= 11 is 0. The van der Waals surface area contributed by atoms with Gasteiger partial charge in [0.1, 0.15) is 5.75 Å². The van der Waals surface area contributed by atoms with Crippen LogP contribution in [-0.4, -0.2) is 31.9 Å². The molecule has 0 bridgehead atoms. The standard InChI is InChI=1S/C17H25N3O3S/c1-17(2,3)15-13-14(7-8-16(15)23-4)24(21,22)19-10-6-12-20-11-5-9-18-20/h5,7-9,11,13,19H,6,10,12H2,1-4H3. The minimum Gasteiger partial charge on any atom is -0.496 e. The van der Waals surface area contributed by atoms with E-state index >= 15 is 0 Å². The van der Waals surface area contributed by atoms with Crippen molar-refractivity contribution in [1.82, 2.24) is 14.5 Å². The molecule has 2 rings (SSSR count). The molecular formula is C17H25N3O3S. The van der Waals surface area contributed by atoms with Crippen molar-refractivity contribution in [2.24, 2.45) is 0 Å². The zero-order valence-corrected chi connectivity index (χ0v) is 15.4. The molecule has 0 amide bonds. The lowest BCUT2D eigenvalue weighted by molar-refractivity contribution is 0.397. The number of rotatable bonds is 7. The van der Waals surface area contributed by atoms with Crippen molar-refractivity contribution in [3.05, 3.63) is 42.2 Å². The Morgan fingerprint density at radius 2 is 2.04 bits per heavy atom. The first-order chi connectivity index (χ1) is 11.2. The van der Waals surface area contributed by atoms with E-state index in [1.807, 2.05) is 33.0 Å². The maximum atomic E-state index is 12.5. The molecule has 0 unspecified atom stereocenters. The number of aryl methyl sites for hydroxylation is 1. The minimum absolute atomic E-state index is 0.211. The molecule has 0 saturated carbocycles. The Morgan fingerprint density at radius 3 is 2.62 bits per heavy atom. The Kier molecular flexibility index (Phi) is 5.66. The third kappa shape index (κ3) is 4.58. The van der Waals surface area contributed by atoms with E-state index in [0.717, 1.165) is 5.56 Å². The Hall–Kier alpha value is -1.86. The highest BCUT2D eigenvalue weighted by molar-refractivity contribution is 7.89. The van der Waals surface area contributed by atoms with Crippen molar-refractivity contribution in [3.8, 4) is 5.75 Å². The van der Waals surface area contributed by atoms with E-state index in [1.165, 1.54) is 0 Å². The second-order valence-electron chi connectivity index (χ2n) is 6.63. The van der Waals surface area contributed by atoms with Gasteiger partial charge in [0.25, 0.3) is 0 Å². The fourth-order valence-electron chi connectivity index (χ4n) is 2.40. The number of benzene rings is 1. The smallest absolute Gasteiger partial charge is 0.240 e. The molecule has 0 aliphatic carbocycles. The molecular weight excluding hydrogens is 326 g/mol. The summed E-state index contributed by atoms with van der Waals surface area (Å²) in [4.78, 5) is 0.257. The zero-order valence-electron chi connectivity index (χ0n) is 14.6. The summed E-state index contributed by atoms with van der Waals surface area (Å²) in [6.07, 6.45) is 4.23. The molecule has 2 aromatic rings. The van der Waals surface area contributed by atoms with E-state index < -0.39 is 10.0 Å². The molecule has 24 heavy (non-hydrogen) atoms. The molecule has 0 fully saturated rings. The maximum Gasteiger partial charge on any atom is 0.240 e. The van der Waals surface area contributed by atoms with Gasteiger partial charge in [-0.3, -0.25) is 4.68 Å². The van der Waals surface area contributed by atoms with Crippen molar-refractivity contribution in [3.63, 3.8) is 0 Å². The molecule has 1 heterocycles. The predicted octanol–water partition coefficient (Wildman–Crippen LogP) is 2.56. The summed E-state index contributed by atoms with van der Waals surface area (Å²) in [6.45, 7) is 7.11. The summed E-state index contributed by atoms with van der Waals surface area (Å²) in [5.41, 5.74) is 0.654. The van der Waals surface area contributed by atoms with Crippen molar-refractivity contribution < 1.29 is 13.2 Å². The lowest BCUT2D eigenvalue weighted by atomic mass is 9.86. The molecule has 0 aliphatic rings. The predicted molar refractivity (Wildman–Crippen MR) is 93.7 cm³/mol. The van der Waals surface area contributed by atoms with Gasteiger partial charge in [-0.15, -0.1) is 0 Å². The van der Waals surface area contributed by atoms with Crippen LogP contribution in [0.5, 0.6) is 5.75 Å². The number of hydrogen-bond donors (Lipinski definition) is 1. The van der Waals surface area contributed by atoms with Gasteiger partial charge in [0.05, 0.1) is 12.0 Å². The molecule has 7 heteroatoms. The number of hydrogen-bond acceptors (Lipinski definition) is 4. The van der Waals surface area contributed by atoms with Crippen LogP contribution >= 0.6 is 0 Å². The van der Waals surface area contributed by atoms with Gasteiger partial charge in [0, 0.05) is 31.0 Å². The van der Waals surface area contributed by atoms with E-state index in [-0.39, 0.29) is 10.3 Å². The van der Waals surface area contributed by atoms with E-state index in [1.54, 1.807) is 36.2 Å². The Balaban J connectivity index is 2.08. The zero-order chi connectivity index (χ0) is 17.8. The molecule has 1 N–H and O–H groups in total. The normalized spacial score (nSPS) is 12.3. The molecule has 0 aliphatic heterocycles. The van der Waals surface area contributed by atoms with Crippen molar-refractivity contribution in [2.45, 2.75) is 44.0 Å². The third-order valence-corrected chi connectivity index (χ3v) is 5.16. The van der Waals surface area contributed by atoms with E-state index in [2.05, 4.69) is 9.82 Å². The first kappa shape index (κ1) is 18.5. The number of nitrogens with zero attached hydrogens (tertiary/aromatic N) is 2. The molecule has 132 valence electrons. The van der Waals surface area contributed by atoms with Crippen LogP contribution in [0.25, 0.3) is 0 Å². The molecule has 1 aromatic heterocycles. The monoisotopic (exact) mass is 351 g/mol. The van der Waals surface area contributed by atoms with Gasteiger partial charge in [-0.25, -0.2) is 13.1 Å². The maximum absolute atomic E-state index is 12.5. The second kappa shape index (κ2) is 7.36. The quantitative estimate of drug-likeness (QED) is 0.778. The summed E-state index contributed by atoms with van der Waals surface area (Å²) in [6, 6.07) is 6.81. The van der Waals surface area contributed by atoms with Crippen LogP contribution in [0, 0.1) is 0 Å². The molecule has 0 radical (unpaired) electrons. The summed E-state index contributed by atoms with van der Waals surface area (Å²) in [7, 11) is -1.95. The van der Waals surface area contributed by atoms with Gasteiger partial charge in [0.2, 0.25) is 10.0 Å². The fourth-order valence-corrected chi connectivity index (χ4v) is 3.50. The molecule has 0 spiro atoms. The van der Waals surface area contributed by atoms with Gasteiger partial charge in [-0.1, -0.05) is 20.8 Å². The number of sulfonamides is 1. The number of ether oxygens (including phenoxy) is 1. The summed E-state index contributed by atoms with van der Waals surface area (Å²) < 4.78 is 34.8. The number of methoxy groups -OCH3 is 1. The van der Waals surface area contributed by atoms with Crippen LogP contribution in [0.1, 0.15) is 32.8 Å². The van der Waals surface area contributed by atoms with Crippen molar-refractivity contribution in [1.29, 1.82) is 0 Å². The number of aromatic nitrogens is 2. The first-order valence-electron chi connectivity index (χ1n) is 7.89. The van der Waals surface area contributed by atoms with Crippen molar-refractivity contribution in [2.75, 3.05) is 13.7 Å². The van der Waals surface area contributed by atoms with Gasteiger partial charge < -0.3 is 4.74 Å². The lowest BCUT2D eigenvalue weighted by Gasteiger charge is -2.23. The molecule has 0 saturated heterocycles. The Morgan fingerprint density at radius 1 is 1.29 bits per heavy atom. The summed E-state index contributed by atoms with van der Waals surface area (Å²) in [5.74, 6) is 0.695. The van der Waals surface area contributed by atoms with Crippen molar-refractivity contribution >= 4 is 10.0 Å². The van der Waals surface area contributed by atoms with Gasteiger partial charge in [-0.2, -0.15) is 5.10 Å². The largest absolute Gasteiger partial charge is 0.496 e. The Bertz CT molecular complexity index is 763. The minimum atomic E-state index is -3.54. The molecule has 6 nitrogen and oxygen atoms in total. The van der Waals surface area contributed by atoms with E-state index in [0.29, 0.717) is 25.3 Å². The third-order valence-electron chi connectivity index (χ3n) is 3.70. The second-order valence-corrected chi connectivity index (χ2v) is 8.40. The number of nitrogens with one attached hydrogen (secondary N) is 1. The highest BCUT2D eigenvalue weighted by atomic mass is 32.2. The fraction of sp³-hybridized carbons (Fsp3) is 0.471. The van der Waals surface area contributed by atoms with Crippen LogP contribution in [0.2, 0.25) is 0 Å². The van der Waals surface area contributed by atoms with Crippen LogP contribution in [-0.2, 0) is 22.0 Å². The average molecular weight is 351 g/mol. The van der Waals surface area contributed by atoms with Crippen LogP contribution in [0.4, 0.5) is 0 Å². The first-order valence-corrected chi connectivity index (χ1v) is 9.38. The molecule has 1 aromatic carbocycles. The van der Waals surface area contributed by atoms with Gasteiger partial charge >= 0.3 is 0 Å².